The first-order valence-electron chi connectivity index (χ1n) is 8.04. The lowest BCUT2D eigenvalue weighted by Gasteiger charge is -2.31. The number of anilines is 1. The third-order valence-electron chi connectivity index (χ3n) is 4.55. The largest absolute Gasteiger partial charge is 0.471 e. The predicted molar refractivity (Wildman–Crippen MR) is 81.6 cm³/mol. The van der Waals surface area contributed by atoms with Crippen LogP contribution in [0.4, 0.5) is 19.0 Å². The van der Waals surface area contributed by atoms with Gasteiger partial charge >= 0.3 is 12.1 Å². The van der Waals surface area contributed by atoms with E-state index in [0.29, 0.717) is 17.8 Å². The number of alkyl halides is 3. The zero-order valence-corrected chi connectivity index (χ0v) is 13.4. The molecule has 0 atom stereocenters. The summed E-state index contributed by atoms with van der Waals surface area (Å²) in [6, 6.07) is 0. The van der Waals surface area contributed by atoms with E-state index in [4.69, 9.17) is 0 Å². The van der Waals surface area contributed by atoms with Crippen LogP contribution >= 0.6 is 0 Å². The lowest BCUT2D eigenvalue weighted by molar-refractivity contribution is -0.186. The van der Waals surface area contributed by atoms with Crippen LogP contribution in [0.5, 0.6) is 0 Å². The van der Waals surface area contributed by atoms with Gasteiger partial charge in [-0.05, 0) is 25.9 Å². The van der Waals surface area contributed by atoms with E-state index < -0.39 is 12.1 Å². The Bertz CT molecular complexity index is 611. The smallest absolute Gasteiger partial charge is 0.373 e. The van der Waals surface area contributed by atoms with E-state index >= 15 is 0 Å². The molecule has 0 radical (unpaired) electrons. The maximum atomic E-state index is 12.7. The van der Waals surface area contributed by atoms with Crippen molar-refractivity contribution in [1.29, 1.82) is 0 Å². The zero-order valence-electron chi connectivity index (χ0n) is 13.4. The second-order valence-electron chi connectivity index (χ2n) is 6.10. The molecule has 1 aromatic rings. The Labute approximate surface area is 137 Å². The minimum absolute atomic E-state index is 0.0250. The molecule has 0 saturated carbocycles. The van der Waals surface area contributed by atoms with Crippen LogP contribution in [0.15, 0.2) is 0 Å². The molecule has 3 rings (SSSR count). The molecule has 2 aliphatic rings. The number of nitrogens with one attached hydrogen (secondary N) is 2. The molecule has 0 spiro atoms. The highest BCUT2D eigenvalue weighted by atomic mass is 19.4. The van der Waals surface area contributed by atoms with Crippen LogP contribution in [-0.4, -0.2) is 53.6 Å². The molecule has 24 heavy (non-hydrogen) atoms. The lowest BCUT2D eigenvalue weighted by Crippen LogP contribution is -2.44. The van der Waals surface area contributed by atoms with Crippen molar-refractivity contribution >= 4 is 11.7 Å². The molecule has 3 heterocycles. The molecule has 2 aliphatic heterocycles. The Morgan fingerprint density at radius 1 is 1.29 bits per heavy atom. The number of nitrogens with zero attached hydrogens (tertiary/aromatic N) is 3. The van der Waals surface area contributed by atoms with Gasteiger partial charge in [0.15, 0.2) is 0 Å². The molecule has 2 N–H and O–H groups in total. The second-order valence-corrected chi connectivity index (χ2v) is 6.10. The van der Waals surface area contributed by atoms with E-state index in [1.54, 1.807) is 7.05 Å². The van der Waals surface area contributed by atoms with Crippen LogP contribution in [0.2, 0.25) is 0 Å². The van der Waals surface area contributed by atoms with Gasteiger partial charge < -0.3 is 15.5 Å². The first kappa shape index (κ1) is 16.9. The Morgan fingerprint density at radius 3 is 2.62 bits per heavy atom. The van der Waals surface area contributed by atoms with Gasteiger partial charge in [0.1, 0.15) is 11.6 Å². The normalized spacial score (nSPS) is 19.1. The van der Waals surface area contributed by atoms with Gasteiger partial charge in [-0.3, -0.25) is 4.79 Å². The van der Waals surface area contributed by atoms with Crippen LogP contribution in [0, 0.1) is 0 Å². The van der Waals surface area contributed by atoms with Crippen molar-refractivity contribution in [3.63, 3.8) is 0 Å². The molecule has 132 valence electrons. The minimum Gasteiger partial charge on any atom is -0.373 e. The number of piperidine rings is 1. The first-order valence-corrected chi connectivity index (χ1v) is 8.04. The molecule has 1 fully saturated rings. The Hall–Kier alpha value is -1.90. The number of amides is 1. The quantitative estimate of drug-likeness (QED) is 0.850. The summed E-state index contributed by atoms with van der Waals surface area (Å²) in [4.78, 5) is 21.4. The average molecular weight is 343 g/mol. The number of carbonyl (C=O) groups excluding carboxylic acids is 1. The summed E-state index contributed by atoms with van der Waals surface area (Å²) in [6.07, 6.45) is -2.65. The van der Waals surface area contributed by atoms with Crippen LogP contribution in [-0.2, 0) is 17.8 Å². The summed E-state index contributed by atoms with van der Waals surface area (Å²) in [5.74, 6) is -0.278. The van der Waals surface area contributed by atoms with E-state index in [1.807, 2.05) is 0 Å². The van der Waals surface area contributed by atoms with E-state index in [9.17, 15) is 18.0 Å². The van der Waals surface area contributed by atoms with Gasteiger partial charge in [-0.15, -0.1) is 0 Å². The van der Waals surface area contributed by atoms with Gasteiger partial charge in [-0.25, -0.2) is 9.97 Å². The van der Waals surface area contributed by atoms with Crippen molar-refractivity contribution in [1.82, 2.24) is 20.2 Å². The van der Waals surface area contributed by atoms with Crippen LogP contribution in [0.1, 0.15) is 35.8 Å². The number of rotatable bonds is 2. The van der Waals surface area contributed by atoms with Crippen LogP contribution in [0.3, 0.4) is 0 Å². The predicted octanol–water partition coefficient (Wildman–Crippen LogP) is 1.43. The second kappa shape index (κ2) is 6.54. The zero-order chi connectivity index (χ0) is 17.3. The summed E-state index contributed by atoms with van der Waals surface area (Å²) in [7, 11) is 1.68. The SMILES string of the molecule is CNc1nc(C2CCNCC2)nc2c1CN(C(=O)C(F)(F)F)CC2. The van der Waals surface area contributed by atoms with Crippen molar-refractivity contribution < 1.29 is 18.0 Å². The van der Waals surface area contributed by atoms with Crippen molar-refractivity contribution in [3.05, 3.63) is 17.1 Å². The van der Waals surface area contributed by atoms with Crippen molar-refractivity contribution in [3.8, 4) is 0 Å². The monoisotopic (exact) mass is 343 g/mol. The molecule has 0 bridgehead atoms. The molecular weight excluding hydrogens is 323 g/mol. The fourth-order valence-electron chi connectivity index (χ4n) is 3.26. The average Bonchev–Trinajstić information content (AvgIpc) is 2.59. The van der Waals surface area contributed by atoms with E-state index in [2.05, 4.69) is 20.6 Å². The highest BCUT2D eigenvalue weighted by molar-refractivity contribution is 5.82. The van der Waals surface area contributed by atoms with Gasteiger partial charge in [0.05, 0.1) is 12.2 Å². The summed E-state index contributed by atoms with van der Waals surface area (Å²) in [5, 5.41) is 6.23. The number of hydrogen-bond acceptors (Lipinski definition) is 5. The maximum absolute atomic E-state index is 12.7. The summed E-state index contributed by atoms with van der Waals surface area (Å²) in [6.45, 7) is 1.73. The topological polar surface area (TPSA) is 70.2 Å². The molecule has 0 aromatic carbocycles. The maximum Gasteiger partial charge on any atom is 0.471 e. The number of fused-ring (bicyclic) bond motifs is 1. The highest BCUT2D eigenvalue weighted by Crippen LogP contribution is 2.30. The van der Waals surface area contributed by atoms with E-state index in [0.717, 1.165) is 42.3 Å². The van der Waals surface area contributed by atoms with Crippen molar-refractivity contribution in [2.75, 3.05) is 32.0 Å². The Kier molecular flexibility index (Phi) is 4.62. The van der Waals surface area contributed by atoms with Gasteiger partial charge in [0.2, 0.25) is 0 Å². The van der Waals surface area contributed by atoms with Gasteiger partial charge in [-0.2, -0.15) is 13.2 Å². The molecule has 6 nitrogen and oxygen atoms in total. The number of hydrogen-bond donors (Lipinski definition) is 2. The third kappa shape index (κ3) is 3.31. The highest BCUT2D eigenvalue weighted by Gasteiger charge is 2.43. The number of halogens is 3. The fourth-order valence-corrected chi connectivity index (χ4v) is 3.26. The van der Waals surface area contributed by atoms with Gasteiger partial charge in [-0.1, -0.05) is 0 Å². The van der Waals surface area contributed by atoms with Crippen LogP contribution < -0.4 is 10.6 Å². The molecule has 1 amide bonds. The molecule has 9 heteroatoms. The number of aromatic nitrogens is 2. The molecular formula is C15H20F3N5O. The standard InChI is InChI=1S/C15H20F3N5O/c1-19-13-10-8-23(14(24)15(16,17)18)7-4-11(10)21-12(22-13)9-2-5-20-6-3-9/h9,20H,2-8H2,1H3,(H,19,21,22). The molecule has 0 unspecified atom stereocenters. The molecule has 1 saturated heterocycles. The summed E-state index contributed by atoms with van der Waals surface area (Å²) in [5.41, 5.74) is 1.33. The summed E-state index contributed by atoms with van der Waals surface area (Å²) >= 11 is 0. The Balaban J connectivity index is 1.87. The van der Waals surface area contributed by atoms with Gasteiger partial charge in [0, 0.05) is 31.5 Å². The van der Waals surface area contributed by atoms with Crippen molar-refractivity contribution in [2.45, 2.75) is 37.9 Å². The first-order chi connectivity index (χ1) is 11.4. The fraction of sp³-hybridized carbons (Fsp3) is 0.667. The number of carbonyl (C=O) groups is 1. The Morgan fingerprint density at radius 2 is 2.00 bits per heavy atom. The molecule has 1 aromatic heterocycles. The van der Waals surface area contributed by atoms with Gasteiger partial charge in [0.25, 0.3) is 0 Å². The van der Waals surface area contributed by atoms with Crippen molar-refractivity contribution in [2.24, 2.45) is 0 Å². The minimum atomic E-state index is -4.85. The summed E-state index contributed by atoms with van der Waals surface area (Å²) < 4.78 is 38.0. The van der Waals surface area contributed by atoms with Crippen LogP contribution in [0.25, 0.3) is 0 Å². The van der Waals surface area contributed by atoms with E-state index in [-0.39, 0.29) is 19.0 Å². The third-order valence-corrected chi connectivity index (χ3v) is 4.55. The van der Waals surface area contributed by atoms with E-state index in [1.165, 1.54) is 0 Å². The molecule has 0 aliphatic carbocycles. The lowest BCUT2D eigenvalue weighted by atomic mass is 9.96.